The number of aliphatic carboxylic acids is 1. The molecule has 1 amide bonds. The van der Waals surface area contributed by atoms with Gasteiger partial charge < -0.3 is 15.3 Å². The maximum atomic E-state index is 14.2. The minimum Gasteiger partial charge on any atom is -0.480 e. The minimum absolute atomic E-state index is 0.0113. The van der Waals surface area contributed by atoms with Crippen LogP contribution in [-0.2, 0) is 22.4 Å². The van der Waals surface area contributed by atoms with E-state index in [0.717, 1.165) is 55.5 Å². The summed E-state index contributed by atoms with van der Waals surface area (Å²) < 4.78 is 0. The monoisotopic (exact) mass is 522 g/mol. The van der Waals surface area contributed by atoms with Crippen molar-refractivity contribution < 1.29 is 14.7 Å². The topological polar surface area (TPSA) is 69.6 Å². The quantitative estimate of drug-likeness (QED) is 0.502. The summed E-state index contributed by atoms with van der Waals surface area (Å²) in [6, 6.07) is 14.8. The summed E-state index contributed by atoms with van der Waals surface area (Å²) in [6.07, 6.45) is 6.55. The first-order valence-electron chi connectivity index (χ1n) is 13.8. The number of carbonyl (C=O) groups excluding carboxylic acids is 1. The summed E-state index contributed by atoms with van der Waals surface area (Å²) in [4.78, 5) is 29.0. The number of fused-ring (bicyclic) bond motifs is 1. The lowest BCUT2D eigenvalue weighted by molar-refractivity contribution is -0.154. The highest BCUT2D eigenvalue weighted by molar-refractivity contribution is 6.31. The molecule has 1 aliphatic heterocycles. The second-order valence-corrected chi connectivity index (χ2v) is 12.7. The van der Waals surface area contributed by atoms with E-state index < -0.39 is 12.0 Å². The number of rotatable bonds is 5. The van der Waals surface area contributed by atoms with Crippen LogP contribution in [0.5, 0.6) is 0 Å². The Bertz CT molecular complexity index is 1140. The summed E-state index contributed by atoms with van der Waals surface area (Å²) in [5, 5.41) is 15.4. The van der Waals surface area contributed by atoms with Gasteiger partial charge in [0.15, 0.2) is 0 Å². The SMILES string of the molecule is CC(C)(C)[C@H]1[C@H](NC2Cc3cccc(Cl)c3C2)[C@H](c2ccccc2)N(C(=O)C2CCCCC2)[C@@H]1C(=O)O. The highest BCUT2D eigenvalue weighted by atomic mass is 35.5. The Morgan fingerprint density at radius 1 is 0.973 bits per heavy atom. The van der Waals surface area contributed by atoms with Gasteiger partial charge in [-0.05, 0) is 53.9 Å². The average Bonchev–Trinajstić information content (AvgIpc) is 3.44. The van der Waals surface area contributed by atoms with E-state index in [-0.39, 0.29) is 41.3 Å². The number of hydrogen-bond acceptors (Lipinski definition) is 3. The van der Waals surface area contributed by atoms with Crippen molar-refractivity contribution in [1.82, 2.24) is 10.2 Å². The van der Waals surface area contributed by atoms with Crippen LogP contribution in [0.15, 0.2) is 48.5 Å². The molecule has 1 saturated heterocycles. The van der Waals surface area contributed by atoms with Crippen LogP contribution in [0.2, 0.25) is 5.02 Å². The van der Waals surface area contributed by atoms with Crippen LogP contribution in [0.3, 0.4) is 0 Å². The number of nitrogens with zero attached hydrogens (tertiary/aromatic N) is 1. The van der Waals surface area contributed by atoms with Crippen molar-refractivity contribution in [1.29, 1.82) is 0 Å². The van der Waals surface area contributed by atoms with Gasteiger partial charge in [0.25, 0.3) is 0 Å². The van der Waals surface area contributed by atoms with E-state index >= 15 is 0 Å². The van der Waals surface area contributed by atoms with Crippen LogP contribution in [0.4, 0.5) is 0 Å². The third-order valence-corrected chi connectivity index (χ3v) is 9.18. The molecule has 0 aromatic heterocycles. The van der Waals surface area contributed by atoms with Crippen LogP contribution < -0.4 is 5.32 Å². The highest BCUT2D eigenvalue weighted by Crippen LogP contribution is 2.49. The van der Waals surface area contributed by atoms with Crippen molar-refractivity contribution in [3.63, 3.8) is 0 Å². The number of likely N-dealkylation sites (tertiary alicyclic amines) is 1. The number of nitrogens with one attached hydrogen (secondary N) is 1. The van der Waals surface area contributed by atoms with Gasteiger partial charge in [0.05, 0.1) is 6.04 Å². The van der Waals surface area contributed by atoms with Gasteiger partial charge in [-0.1, -0.05) is 94.1 Å². The molecule has 0 radical (unpaired) electrons. The standard InChI is InChI=1S/C31H39ClN2O3/c1-31(2,3)25-26(33-22-17-21-15-10-16-24(32)23(21)18-22)27(19-11-6-4-7-12-19)34(28(25)30(36)37)29(35)20-13-8-5-9-14-20/h4,6-7,10-12,15-16,20,22,25-28,33H,5,8-9,13-14,17-18H2,1-3H3,(H,36,37)/t22?,25-,26-,27-,28-/m0/s1. The predicted octanol–water partition coefficient (Wildman–Crippen LogP) is 6.04. The lowest BCUT2D eigenvalue weighted by Crippen LogP contribution is -2.50. The van der Waals surface area contributed by atoms with E-state index in [1.807, 2.05) is 42.5 Å². The molecule has 1 heterocycles. The van der Waals surface area contributed by atoms with E-state index in [1.165, 1.54) is 11.1 Å². The molecule has 0 bridgehead atoms. The Balaban J connectivity index is 1.57. The molecule has 2 aromatic rings. The fraction of sp³-hybridized carbons (Fsp3) is 0.548. The van der Waals surface area contributed by atoms with Crippen molar-refractivity contribution >= 4 is 23.5 Å². The van der Waals surface area contributed by atoms with Crippen molar-refractivity contribution in [2.75, 3.05) is 0 Å². The fourth-order valence-corrected chi connectivity index (χ4v) is 7.51. The van der Waals surface area contributed by atoms with Gasteiger partial charge in [-0.15, -0.1) is 0 Å². The molecule has 5 atom stereocenters. The molecule has 2 N–H and O–H groups in total. The van der Waals surface area contributed by atoms with Gasteiger partial charge in [0, 0.05) is 28.9 Å². The Labute approximate surface area is 225 Å². The Kier molecular flexibility index (Phi) is 7.39. The lowest BCUT2D eigenvalue weighted by Gasteiger charge is -2.36. The zero-order valence-electron chi connectivity index (χ0n) is 22.1. The van der Waals surface area contributed by atoms with Crippen molar-refractivity contribution in [2.24, 2.45) is 17.3 Å². The normalized spacial score (nSPS) is 28.3. The van der Waals surface area contributed by atoms with Gasteiger partial charge in [0.1, 0.15) is 6.04 Å². The first-order valence-corrected chi connectivity index (χ1v) is 14.2. The largest absolute Gasteiger partial charge is 0.480 e. The fourth-order valence-electron chi connectivity index (χ4n) is 7.24. The first-order chi connectivity index (χ1) is 17.7. The van der Waals surface area contributed by atoms with E-state index in [2.05, 4.69) is 32.2 Å². The molecule has 198 valence electrons. The number of amides is 1. The van der Waals surface area contributed by atoms with E-state index in [1.54, 1.807) is 4.90 Å². The highest BCUT2D eigenvalue weighted by Gasteiger charge is 2.58. The summed E-state index contributed by atoms with van der Waals surface area (Å²) in [7, 11) is 0. The van der Waals surface area contributed by atoms with Gasteiger partial charge in [-0.25, -0.2) is 4.79 Å². The Hall–Kier alpha value is -2.37. The molecular weight excluding hydrogens is 484 g/mol. The summed E-state index contributed by atoms with van der Waals surface area (Å²) in [5.41, 5.74) is 3.08. The van der Waals surface area contributed by atoms with Gasteiger partial charge >= 0.3 is 5.97 Å². The van der Waals surface area contributed by atoms with E-state index in [9.17, 15) is 14.7 Å². The first kappa shape index (κ1) is 26.2. The van der Waals surface area contributed by atoms with Crippen LogP contribution in [0, 0.1) is 17.3 Å². The number of hydrogen-bond donors (Lipinski definition) is 2. The molecule has 5 nitrogen and oxygen atoms in total. The second-order valence-electron chi connectivity index (χ2n) is 12.3. The van der Waals surface area contributed by atoms with Crippen molar-refractivity contribution in [3.8, 4) is 0 Å². The molecule has 5 rings (SSSR count). The van der Waals surface area contributed by atoms with E-state index in [4.69, 9.17) is 11.6 Å². The van der Waals surface area contributed by atoms with Crippen LogP contribution >= 0.6 is 11.6 Å². The smallest absolute Gasteiger partial charge is 0.326 e. The third kappa shape index (κ3) is 5.05. The van der Waals surface area contributed by atoms with Crippen molar-refractivity contribution in [2.45, 2.75) is 89.9 Å². The Morgan fingerprint density at radius 3 is 2.30 bits per heavy atom. The molecule has 1 unspecified atom stereocenters. The maximum absolute atomic E-state index is 14.2. The summed E-state index contributed by atoms with van der Waals surface area (Å²) in [5.74, 6) is -1.26. The summed E-state index contributed by atoms with van der Waals surface area (Å²) >= 11 is 6.53. The van der Waals surface area contributed by atoms with Crippen LogP contribution in [0.1, 0.15) is 75.6 Å². The minimum atomic E-state index is -0.910. The average molecular weight is 523 g/mol. The zero-order chi connectivity index (χ0) is 26.3. The van der Waals surface area contributed by atoms with Crippen LogP contribution in [-0.4, -0.2) is 40.0 Å². The van der Waals surface area contributed by atoms with Crippen molar-refractivity contribution in [3.05, 3.63) is 70.2 Å². The number of halogens is 1. The molecular formula is C31H39ClN2O3. The summed E-state index contributed by atoms with van der Waals surface area (Å²) in [6.45, 7) is 6.33. The molecule has 37 heavy (non-hydrogen) atoms. The second kappa shape index (κ2) is 10.4. The number of carbonyl (C=O) groups is 2. The molecule has 2 fully saturated rings. The Morgan fingerprint density at radius 2 is 1.68 bits per heavy atom. The van der Waals surface area contributed by atoms with Crippen LogP contribution in [0.25, 0.3) is 0 Å². The van der Waals surface area contributed by atoms with Gasteiger partial charge in [-0.3, -0.25) is 4.79 Å². The molecule has 2 aromatic carbocycles. The lowest BCUT2D eigenvalue weighted by atomic mass is 9.72. The maximum Gasteiger partial charge on any atom is 0.326 e. The molecule has 3 aliphatic rings. The predicted molar refractivity (Wildman–Crippen MR) is 147 cm³/mol. The molecule has 1 saturated carbocycles. The van der Waals surface area contributed by atoms with E-state index in [0.29, 0.717) is 0 Å². The zero-order valence-corrected chi connectivity index (χ0v) is 22.9. The number of carboxylic acid groups (broad SMARTS) is 1. The van der Waals surface area contributed by atoms with Gasteiger partial charge in [-0.2, -0.15) is 0 Å². The molecule has 0 spiro atoms. The van der Waals surface area contributed by atoms with Gasteiger partial charge in [0.2, 0.25) is 5.91 Å². The number of benzene rings is 2. The molecule has 2 aliphatic carbocycles. The number of carboxylic acids is 1. The third-order valence-electron chi connectivity index (χ3n) is 8.83. The molecule has 6 heteroatoms.